The molecule has 0 aliphatic carbocycles. The number of aromatic nitrogens is 2. The van der Waals surface area contributed by atoms with Crippen molar-refractivity contribution in [3.63, 3.8) is 0 Å². The minimum absolute atomic E-state index is 0.995. The number of hydrogen-bond acceptors (Lipinski definition) is 1. The molecule has 0 aliphatic rings. The number of rotatable bonds is 2. The second-order valence-electron chi connectivity index (χ2n) is 5.91. The second-order valence-corrected chi connectivity index (χ2v) is 5.91. The van der Waals surface area contributed by atoms with Gasteiger partial charge in [0, 0.05) is 11.3 Å². The largest absolute Gasteiger partial charge is 0.292 e. The van der Waals surface area contributed by atoms with Crippen LogP contribution in [-0.2, 0) is 0 Å². The van der Waals surface area contributed by atoms with Gasteiger partial charge < -0.3 is 0 Å². The third-order valence-electron chi connectivity index (χ3n) is 4.21. The molecule has 0 aliphatic heterocycles. The zero-order valence-electron chi connectivity index (χ0n) is 13.3. The van der Waals surface area contributed by atoms with Crippen molar-refractivity contribution in [1.82, 2.24) is 9.55 Å². The molecule has 0 fully saturated rings. The Morgan fingerprint density at radius 2 is 1.52 bits per heavy atom. The first-order valence-corrected chi connectivity index (χ1v) is 7.84. The third kappa shape index (κ3) is 2.33. The van der Waals surface area contributed by atoms with Crippen LogP contribution in [-0.4, -0.2) is 9.55 Å². The Kier molecular flexibility index (Phi) is 3.23. The maximum Gasteiger partial charge on any atom is 0.145 e. The van der Waals surface area contributed by atoms with Crippen LogP contribution in [0.2, 0.25) is 0 Å². The first kappa shape index (κ1) is 13.8. The van der Waals surface area contributed by atoms with Gasteiger partial charge in [0.25, 0.3) is 0 Å². The molecule has 4 aromatic rings. The van der Waals surface area contributed by atoms with Crippen LogP contribution < -0.4 is 0 Å². The van der Waals surface area contributed by atoms with E-state index >= 15 is 0 Å². The summed E-state index contributed by atoms with van der Waals surface area (Å²) in [4.78, 5) is 4.92. The number of nitrogens with zero attached hydrogens (tertiary/aromatic N) is 2. The van der Waals surface area contributed by atoms with E-state index in [0.29, 0.717) is 0 Å². The molecule has 112 valence electrons. The summed E-state index contributed by atoms with van der Waals surface area (Å²) in [5.74, 6) is 0.995. The molecule has 0 N–H and O–H groups in total. The van der Waals surface area contributed by atoms with Crippen molar-refractivity contribution < 1.29 is 0 Å². The van der Waals surface area contributed by atoms with Crippen molar-refractivity contribution in [3.05, 3.63) is 83.9 Å². The molecule has 4 rings (SSSR count). The van der Waals surface area contributed by atoms with Gasteiger partial charge in [-0.2, -0.15) is 0 Å². The number of fused-ring (bicyclic) bond motifs is 1. The summed E-state index contributed by atoms with van der Waals surface area (Å²) >= 11 is 0. The Balaban J connectivity index is 2.10. The highest BCUT2D eigenvalue weighted by atomic mass is 15.1. The van der Waals surface area contributed by atoms with Crippen LogP contribution in [0.25, 0.3) is 28.1 Å². The van der Waals surface area contributed by atoms with Gasteiger partial charge in [-0.05, 0) is 49.2 Å². The number of benzene rings is 3. The summed E-state index contributed by atoms with van der Waals surface area (Å²) in [6.07, 6.45) is 0. The first-order chi connectivity index (χ1) is 11.2. The molecule has 0 saturated heterocycles. The molecule has 0 unspecified atom stereocenters. The van der Waals surface area contributed by atoms with Crippen molar-refractivity contribution in [2.45, 2.75) is 13.8 Å². The summed E-state index contributed by atoms with van der Waals surface area (Å²) in [5, 5.41) is 0. The predicted molar refractivity (Wildman–Crippen MR) is 96.0 cm³/mol. The average Bonchev–Trinajstić information content (AvgIpc) is 2.94. The maximum absolute atomic E-state index is 4.92. The van der Waals surface area contributed by atoms with Crippen molar-refractivity contribution in [1.29, 1.82) is 0 Å². The predicted octanol–water partition coefficient (Wildman–Crippen LogP) is 5.31. The van der Waals surface area contributed by atoms with E-state index in [9.17, 15) is 0 Å². The molecule has 3 aromatic carbocycles. The second kappa shape index (κ2) is 5.40. The number of hydrogen-bond donors (Lipinski definition) is 0. The van der Waals surface area contributed by atoms with Crippen LogP contribution >= 0.6 is 0 Å². The van der Waals surface area contributed by atoms with Crippen LogP contribution in [0.5, 0.6) is 0 Å². The summed E-state index contributed by atoms with van der Waals surface area (Å²) in [6, 6.07) is 25.3. The van der Waals surface area contributed by atoms with Gasteiger partial charge in [0.05, 0.1) is 11.0 Å². The van der Waals surface area contributed by atoms with Crippen molar-refractivity contribution in [2.24, 2.45) is 0 Å². The fourth-order valence-electron chi connectivity index (χ4n) is 3.03. The van der Waals surface area contributed by atoms with Gasteiger partial charge in [0.15, 0.2) is 0 Å². The zero-order valence-corrected chi connectivity index (χ0v) is 13.3. The molecule has 1 aromatic heterocycles. The van der Waals surface area contributed by atoms with E-state index in [1.54, 1.807) is 0 Å². The smallest absolute Gasteiger partial charge is 0.145 e. The van der Waals surface area contributed by atoms with Crippen LogP contribution in [0, 0.1) is 13.8 Å². The molecule has 1 heterocycles. The number of para-hydroxylation sites is 1. The monoisotopic (exact) mass is 298 g/mol. The average molecular weight is 298 g/mol. The Labute approximate surface area is 136 Å². The van der Waals surface area contributed by atoms with Crippen molar-refractivity contribution in [3.8, 4) is 17.1 Å². The maximum atomic E-state index is 4.92. The summed E-state index contributed by atoms with van der Waals surface area (Å²) < 4.78 is 2.25. The molecule has 0 bridgehead atoms. The fraction of sp³-hybridized carbons (Fsp3) is 0.0952. The summed E-state index contributed by atoms with van der Waals surface area (Å²) in [5.41, 5.74) is 6.96. The quantitative estimate of drug-likeness (QED) is 0.490. The number of aryl methyl sites for hydroxylation is 2. The van der Waals surface area contributed by atoms with Crippen LogP contribution in [0.15, 0.2) is 72.8 Å². The Morgan fingerprint density at radius 1 is 0.783 bits per heavy atom. The van der Waals surface area contributed by atoms with E-state index < -0.39 is 0 Å². The fourth-order valence-corrected chi connectivity index (χ4v) is 3.03. The van der Waals surface area contributed by atoms with E-state index in [2.05, 4.69) is 85.1 Å². The molecular weight excluding hydrogens is 280 g/mol. The Hall–Kier alpha value is -2.87. The molecule has 0 amide bonds. The lowest BCUT2D eigenvalue weighted by Gasteiger charge is -2.11. The highest BCUT2D eigenvalue weighted by Gasteiger charge is 2.15. The van der Waals surface area contributed by atoms with Gasteiger partial charge in [-0.25, -0.2) is 4.98 Å². The number of imidazole rings is 1. The SMILES string of the molecule is Cc1ccc2nc(-c3ccccc3C)n(-c3ccccc3)c2c1. The van der Waals surface area contributed by atoms with Crippen LogP contribution in [0.1, 0.15) is 11.1 Å². The van der Waals surface area contributed by atoms with Gasteiger partial charge >= 0.3 is 0 Å². The summed E-state index contributed by atoms with van der Waals surface area (Å²) in [6.45, 7) is 4.25. The molecular formula is C21H18N2. The van der Waals surface area contributed by atoms with Crippen LogP contribution in [0.3, 0.4) is 0 Å². The van der Waals surface area contributed by atoms with E-state index in [0.717, 1.165) is 22.5 Å². The van der Waals surface area contributed by atoms with Crippen molar-refractivity contribution in [2.75, 3.05) is 0 Å². The lowest BCUT2D eigenvalue weighted by molar-refractivity contribution is 1.10. The Bertz CT molecular complexity index is 981. The van der Waals surface area contributed by atoms with E-state index in [1.807, 2.05) is 6.07 Å². The first-order valence-electron chi connectivity index (χ1n) is 7.84. The van der Waals surface area contributed by atoms with Gasteiger partial charge in [0.2, 0.25) is 0 Å². The van der Waals surface area contributed by atoms with E-state index in [1.165, 1.54) is 16.7 Å². The highest BCUT2D eigenvalue weighted by molar-refractivity contribution is 5.84. The van der Waals surface area contributed by atoms with Gasteiger partial charge in [0.1, 0.15) is 5.82 Å². The minimum atomic E-state index is 0.995. The molecule has 0 radical (unpaired) electrons. The normalized spacial score (nSPS) is 11.0. The Morgan fingerprint density at radius 3 is 2.30 bits per heavy atom. The molecule has 2 nitrogen and oxygen atoms in total. The van der Waals surface area contributed by atoms with Gasteiger partial charge in [-0.1, -0.05) is 48.5 Å². The lowest BCUT2D eigenvalue weighted by atomic mass is 10.1. The van der Waals surface area contributed by atoms with E-state index in [4.69, 9.17) is 4.98 Å². The van der Waals surface area contributed by atoms with Crippen LogP contribution in [0.4, 0.5) is 0 Å². The molecule has 0 saturated carbocycles. The van der Waals surface area contributed by atoms with Gasteiger partial charge in [-0.3, -0.25) is 4.57 Å². The van der Waals surface area contributed by atoms with Crippen molar-refractivity contribution >= 4 is 11.0 Å². The molecule has 0 atom stereocenters. The molecule has 2 heteroatoms. The molecule has 23 heavy (non-hydrogen) atoms. The van der Waals surface area contributed by atoms with E-state index in [-0.39, 0.29) is 0 Å². The highest BCUT2D eigenvalue weighted by Crippen LogP contribution is 2.30. The van der Waals surface area contributed by atoms with Gasteiger partial charge in [-0.15, -0.1) is 0 Å². The molecule has 0 spiro atoms. The minimum Gasteiger partial charge on any atom is -0.292 e. The topological polar surface area (TPSA) is 17.8 Å². The zero-order chi connectivity index (χ0) is 15.8. The standard InChI is InChI=1S/C21H18N2/c1-15-12-13-19-20(14-15)23(17-9-4-3-5-10-17)21(22-19)18-11-7-6-8-16(18)2/h3-14H,1-2H3. The third-order valence-corrected chi connectivity index (χ3v) is 4.21. The summed E-state index contributed by atoms with van der Waals surface area (Å²) in [7, 11) is 0. The lowest BCUT2D eigenvalue weighted by Crippen LogP contribution is -1.98.